The van der Waals surface area contributed by atoms with Crippen molar-refractivity contribution in [3.63, 3.8) is 0 Å². The van der Waals surface area contributed by atoms with Crippen LogP contribution in [0.2, 0.25) is 0 Å². The molecule has 0 aromatic heterocycles. The molecule has 3 aromatic rings. The van der Waals surface area contributed by atoms with Gasteiger partial charge in [-0.3, -0.25) is 4.79 Å². The summed E-state index contributed by atoms with van der Waals surface area (Å²) in [7, 11) is -3.55. The van der Waals surface area contributed by atoms with Crippen molar-refractivity contribution in [3.8, 4) is 0 Å². The van der Waals surface area contributed by atoms with Crippen LogP contribution in [0.1, 0.15) is 42.7 Å². The number of amides is 1. The lowest BCUT2D eigenvalue weighted by Crippen LogP contribution is -2.50. The predicted molar refractivity (Wildman–Crippen MR) is 133 cm³/mol. The molecule has 0 N–H and O–H groups in total. The second-order valence-electron chi connectivity index (χ2n) is 9.19. The molecule has 0 spiro atoms. The number of hydrogen-bond donors (Lipinski definition) is 0. The number of rotatable bonds is 7. The van der Waals surface area contributed by atoms with E-state index in [9.17, 15) is 13.2 Å². The van der Waals surface area contributed by atoms with Crippen molar-refractivity contribution in [3.05, 3.63) is 102 Å². The summed E-state index contributed by atoms with van der Waals surface area (Å²) in [5, 5.41) is 0. The smallest absolute Gasteiger partial charge is 0.243 e. The maximum atomic E-state index is 13.7. The van der Waals surface area contributed by atoms with E-state index in [1.54, 1.807) is 28.6 Å². The molecule has 3 aromatic carbocycles. The van der Waals surface area contributed by atoms with E-state index in [0.29, 0.717) is 30.8 Å². The Kier molecular flexibility index (Phi) is 6.53. The summed E-state index contributed by atoms with van der Waals surface area (Å²) in [5.41, 5.74) is 1.96. The first-order chi connectivity index (χ1) is 16.6. The molecular formula is C28H30N2O3S. The number of nitrogens with zero attached hydrogens (tertiary/aromatic N) is 2. The topological polar surface area (TPSA) is 57.7 Å². The van der Waals surface area contributed by atoms with Gasteiger partial charge in [0.1, 0.15) is 0 Å². The monoisotopic (exact) mass is 474 g/mol. The first-order valence-corrected chi connectivity index (χ1v) is 13.5. The van der Waals surface area contributed by atoms with Crippen LogP contribution in [-0.2, 0) is 14.8 Å². The van der Waals surface area contributed by atoms with Crippen LogP contribution >= 0.6 is 0 Å². The van der Waals surface area contributed by atoms with Crippen molar-refractivity contribution in [2.45, 2.75) is 48.6 Å². The van der Waals surface area contributed by atoms with E-state index in [2.05, 4.69) is 0 Å². The molecule has 0 bridgehead atoms. The average molecular weight is 475 g/mol. The van der Waals surface area contributed by atoms with Crippen molar-refractivity contribution in [1.82, 2.24) is 9.21 Å². The molecule has 1 amide bonds. The normalized spacial score (nSPS) is 17.3. The van der Waals surface area contributed by atoms with E-state index in [1.165, 1.54) is 0 Å². The molecule has 1 saturated carbocycles. The van der Waals surface area contributed by atoms with Gasteiger partial charge < -0.3 is 4.90 Å². The van der Waals surface area contributed by atoms with Crippen LogP contribution in [0.3, 0.4) is 0 Å². The maximum absolute atomic E-state index is 13.7. The van der Waals surface area contributed by atoms with Crippen LogP contribution < -0.4 is 0 Å². The molecule has 0 radical (unpaired) electrons. The zero-order chi connectivity index (χ0) is 23.5. The highest BCUT2D eigenvalue weighted by Gasteiger charge is 2.44. The minimum absolute atomic E-state index is 0.0753. The number of carbonyl (C=O) groups excluding carboxylic acids is 1. The first kappa shape index (κ1) is 22.8. The van der Waals surface area contributed by atoms with E-state index in [4.69, 9.17) is 0 Å². The van der Waals surface area contributed by atoms with Gasteiger partial charge in [-0.2, -0.15) is 4.31 Å². The fourth-order valence-corrected chi connectivity index (χ4v) is 6.98. The largest absolute Gasteiger partial charge is 0.342 e. The lowest BCUT2D eigenvalue weighted by atomic mass is 9.89. The van der Waals surface area contributed by atoms with Crippen LogP contribution in [0.5, 0.6) is 0 Å². The summed E-state index contributed by atoms with van der Waals surface area (Å²) in [6.07, 6.45) is 3.14. The van der Waals surface area contributed by atoms with Crippen molar-refractivity contribution < 1.29 is 13.2 Å². The van der Waals surface area contributed by atoms with Gasteiger partial charge in [-0.1, -0.05) is 78.9 Å². The van der Waals surface area contributed by atoms with Gasteiger partial charge in [-0.25, -0.2) is 8.42 Å². The maximum Gasteiger partial charge on any atom is 0.243 e. The molecule has 2 aliphatic rings. The SMILES string of the molecule is O=C(C(c1ccccc1)c1ccccc1)N1CCC(N(C2CC2)S(=O)(=O)c2ccccc2)CC1. The standard InChI is InChI=1S/C28H30N2O3S/c31-28(27(22-10-4-1-5-11-22)23-12-6-2-7-13-23)29-20-18-25(19-21-29)30(24-16-17-24)34(32,33)26-14-8-3-9-15-26/h1-15,24-25,27H,16-21H2. The van der Waals surface area contributed by atoms with Crippen LogP contribution in [0.15, 0.2) is 95.9 Å². The fourth-order valence-electron chi connectivity index (χ4n) is 5.03. The highest BCUT2D eigenvalue weighted by Crippen LogP contribution is 2.37. The fraction of sp³-hybridized carbons (Fsp3) is 0.321. The Bertz CT molecular complexity index is 1160. The number of sulfonamides is 1. The minimum atomic E-state index is -3.55. The van der Waals surface area contributed by atoms with E-state index in [0.717, 1.165) is 24.0 Å². The molecule has 6 heteroatoms. The van der Waals surface area contributed by atoms with Gasteiger partial charge in [0.15, 0.2) is 0 Å². The quantitative estimate of drug-likeness (QED) is 0.500. The first-order valence-electron chi connectivity index (χ1n) is 12.0. The lowest BCUT2D eigenvalue weighted by Gasteiger charge is -2.39. The second-order valence-corrected chi connectivity index (χ2v) is 11.0. The summed E-state index contributed by atoms with van der Waals surface area (Å²) >= 11 is 0. The number of hydrogen-bond acceptors (Lipinski definition) is 3. The molecule has 176 valence electrons. The van der Waals surface area contributed by atoms with Gasteiger partial charge >= 0.3 is 0 Å². The molecule has 1 heterocycles. The molecular weight excluding hydrogens is 444 g/mol. The Morgan fingerprint density at radius 1 is 0.706 bits per heavy atom. The second kappa shape index (κ2) is 9.72. The Balaban J connectivity index is 1.34. The van der Waals surface area contributed by atoms with Crippen LogP contribution in [0.25, 0.3) is 0 Å². The molecule has 1 aliphatic heterocycles. The molecule has 5 nitrogen and oxygen atoms in total. The van der Waals surface area contributed by atoms with Gasteiger partial charge in [0, 0.05) is 25.2 Å². The Hall–Kier alpha value is -2.96. The number of benzene rings is 3. The van der Waals surface area contributed by atoms with Crippen molar-refractivity contribution in [1.29, 1.82) is 0 Å². The van der Waals surface area contributed by atoms with Crippen LogP contribution in [-0.4, -0.2) is 48.7 Å². The molecule has 1 aliphatic carbocycles. The number of likely N-dealkylation sites (tertiary alicyclic amines) is 1. The highest BCUT2D eigenvalue weighted by atomic mass is 32.2. The van der Waals surface area contributed by atoms with Crippen molar-refractivity contribution in [2.24, 2.45) is 0 Å². The van der Waals surface area contributed by atoms with Crippen LogP contribution in [0.4, 0.5) is 0 Å². The van der Waals surface area contributed by atoms with Crippen molar-refractivity contribution in [2.75, 3.05) is 13.1 Å². The third-order valence-electron chi connectivity index (χ3n) is 6.87. The highest BCUT2D eigenvalue weighted by molar-refractivity contribution is 7.89. The van der Waals surface area contributed by atoms with E-state index in [1.807, 2.05) is 71.6 Å². The van der Waals surface area contributed by atoms with Gasteiger partial charge in [0.05, 0.1) is 10.8 Å². The molecule has 2 fully saturated rings. The Morgan fingerprint density at radius 3 is 1.62 bits per heavy atom. The van der Waals surface area contributed by atoms with Crippen molar-refractivity contribution >= 4 is 15.9 Å². The predicted octanol–water partition coefficient (Wildman–Crippen LogP) is 4.66. The van der Waals surface area contributed by atoms with E-state index >= 15 is 0 Å². The zero-order valence-electron chi connectivity index (χ0n) is 19.2. The van der Waals surface area contributed by atoms with Gasteiger partial charge in [-0.15, -0.1) is 0 Å². The molecule has 1 saturated heterocycles. The summed E-state index contributed by atoms with van der Waals surface area (Å²) in [6, 6.07) is 28.5. The number of carbonyl (C=O) groups is 1. The summed E-state index contributed by atoms with van der Waals surface area (Å²) in [5.74, 6) is -0.272. The van der Waals surface area contributed by atoms with Gasteiger partial charge in [-0.05, 0) is 48.9 Å². The summed E-state index contributed by atoms with van der Waals surface area (Å²) < 4.78 is 28.7. The molecule has 34 heavy (non-hydrogen) atoms. The number of piperidine rings is 1. The molecule has 5 rings (SSSR count). The van der Waals surface area contributed by atoms with Crippen LogP contribution in [0, 0.1) is 0 Å². The minimum Gasteiger partial charge on any atom is -0.342 e. The summed E-state index contributed by atoms with van der Waals surface area (Å²) in [6.45, 7) is 1.13. The molecule has 0 atom stereocenters. The zero-order valence-corrected chi connectivity index (χ0v) is 20.0. The van der Waals surface area contributed by atoms with E-state index in [-0.39, 0.29) is 23.9 Å². The Morgan fingerprint density at radius 2 is 1.15 bits per heavy atom. The average Bonchev–Trinajstić information content (AvgIpc) is 3.71. The third-order valence-corrected chi connectivity index (χ3v) is 8.89. The van der Waals surface area contributed by atoms with E-state index < -0.39 is 10.0 Å². The van der Waals surface area contributed by atoms with Gasteiger partial charge in [0.2, 0.25) is 15.9 Å². The van der Waals surface area contributed by atoms with Gasteiger partial charge in [0.25, 0.3) is 0 Å². The lowest BCUT2D eigenvalue weighted by molar-refractivity contribution is -0.133. The molecule has 0 unspecified atom stereocenters. The summed E-state index contributed by atoms with van der Waals surface area (Å²) in [4.78, 5) is 16.0. The third kappa shape index (κ3) is 4.65. The Labute approximate surface area is 202 Å².